The van der Waals surface area contributed by atoms with Crippen molar-refractivity contribution in [2.45, 2.75) is 45.6 Å². The average Bonchev–Trinajstić information content (AvgIpc) is 3.11. The van der Waals surface area contributed by atoms with Crippen LogP contribution in [0, 0.1) is 0 Å². The molecule has 1 aliphatic carbocycles. The van der Waals surface area contributed by atoms with Gasteiger partial charge in [-0.3, -0.25) is 0 Å². The van der Waals surface area contributed by atoms with E-state index in [2.05, 4.69) is 16.5 Å². The lowest BCUT2D eigenvalue weighted by atomic mass is 10.0. The molecule has 28 heavy (non-hydrogen) atoms. The Balaban J connectivity index is 1.62. The molecule has 148 valence electrons. The maximum absolute atomic E-state index is 13.2. The fourth-order valence-corrected chi connectivity index (χ4v) is 2.95. The molecule has 5 nitrogen and oxygen atoms in total. The second-order valence-electron chi connectivity index (χ2n) is 7.82. The van der Waals surface area contributed by atoms with E-state index in [-0.39, 0.29) is 5.83 Å². The van der Waals surface area contributed by atoms with Crippen molar-refractivity contribution in [3.8, 4) is 11.1 Å². The number of amides is 1. The van der Waals surface area contributed by atoms with Gasteiger partial charge in [0.2, 0.25) is 0 Å². The summed E-state index contributed by atoms with van der Waals surface area (Å²) in [6.07, 6.45) is 8.40. The Morgan fingerprint density at radius 1 is 1.25 bits per heavy atom. The van der Waals surface area contributed by atoms with Gasteiger partial charge < -0.3 is 10.1 Å². The second kappa shape index (κ2) is 8.42. The molecule has 0 unspecified atom stereocenters. The summed E-state index contributed by atoms with van der Waals surface area (Å²) in [5.74, 6) is -0.0937. The first kappa shape index (κ1) is 19.9. The van der Waals surface area contributed by atoms with Gasteiger partial charge in [-0.25, -0.2) is 13.9 Å². The number of carbonyl (C=O) groups is 1. The summed E-state index contributed by atoms with van der Waals surface area (Å²) in [5.41, 5.74) is 3.64. The van der Waals surface area contributed by atoms with Crippen molar-refractivity contribution in [1.29, 1.82) is 0 Å². The summed E-state index contributed by atoms with van der Waals surface area (Å²) in [6.45, 7) is 6.02. The van der Waals surface area contributed by atoms with Gasteiger partial charge in [0.25, 0.3) is 0 Å². The minimum absolute atomic E-state index is 0.0937. The predicted octanol–water partition coefficient (Wildman–Crippen LogP) is 5.11. The number of hydrogen-bond acceptors (Lipinski definition) is 3. The Morgan fingerprint density at radius 3 is 2.79 bits per heavy atom. The van der Waals surface area contributed by atoms with Crippen LogP contribution >= 0.6 is 0 Å². The predicted molar refractivity (Wildman–Crippen MR) is 108 cm³/mol. The van der Waals surface area contributed by atoms with Gasteiger partial charge in [0.15, 0.2) is 0 Å². The maximum atomic E-state index is 13.2. The van der Waals surface area contributed by atoms with E-state index in [9.17, 15) is 9.18 Å². The van der Waals surface area contributed by atoms with E-state index in [4.69, 9.17) is 4.74 Å². The molecule has 3 rings (SSSR count). The first-order chi connectivity index (χ1) is 13.3. The molecular formula is C22H26FN3O2. The summed E-state index contributed by atoms with van der Waals surface area (Å²) < 4.78 is 20.2. The SMILES string of the molecule is CC(C)(C)OC(=O)NCCc1cccc(-c2cnn(C3=CC=C(F)CC3)c2)c1. The molecule has 1 N–H and O–H groups in total. The van der Waals surface area contributed by atoms with Crippen LogP contribution in [0.25, 0.3) is 16.8 Å². The number of alkyl carbamates (subject to hydrolysis) is 1. The van der Waals surface area contributed by atoms with Gasteiger partial charge in [-0.2, -0.15) is 5.10 Å². The van der Waals surface area contributed by atoms with E-state index in [1.165, 1.54) is 6.08 Å². The zero-order chi connectivity index (χ0) is 20.1. The van der Waals surface area contributed by atoms with Crippen molar-refractivity contribution >= 4 is 11.8 Å². The lowest BCUT2D eigenvalue weighted by molar-refractivity contribution is 0.0528. The monoisotopic (exact) mass is 383 g/mol. The first-order valence-corrected chi connectivity index (χ1v) is 9.46. The van der Waals surface area contributed by atoms with Crippen molar-refractivity contribution in [2.24, 2.45) is 0 Å². The molecule has 2 aromatic rings. The minimum Gasteiger partial charge on any atom is -0.444 e. The van der Waals surface area contributed by atoms with E-state index in [1.807, 2.05) is 51.4 Å². The van der Waals surface area contributed by atoms with E-state index in [0.717, 1.165) is 22.4 Å². The fraction of sp³-hybridized carbons (Fsp3) is 0.364. The molecule has 1 aromatic heterocycles. The highest BCUT2D eigenvalue weighted by atomic mass is 19.1. The third-order valence-corrected chi connectivity index (χ3v) is 4.30. The van der Waals surface area contributed by atoms with E-state index >= 15 is 0 Å². The standard InChI is InChI=1S/C22H26FN3O2/c1-22(2,3)28-21(27)24-12-11-16-5-4-6-17(13-16)18-14-25-26(15-18)20-9-7-19(23)8-10-20/h4-7,9,13-15H,8,10-12H2,1-3H3,(H,24,27). The van der Waals surface area contributed by atoms with Crippen LogP contribution in [0.2, 0.25) is 0 Å². The molecule has 1 aliphatic rings. The van der Waals surface area contributed by atoms with Gasteiger partial charge in [0, 0.05) is 30.4 Å². The van der Waals surface area contributed by atoms with Crippen LogP contribution in [0.4, 0.5) is 9.18 Å². The third-order valence-electron chi connectivity index (χ3n) is 4.30. The number of aromatic nitrogens is 2. The Kier molecular flexibility index (Phi) is 5.97. The first-order valence-electron chi connectivity index (χ1n) is 9.46. The molecule has 0 bridgehead atoms. The summed E-state index contributed by atoms with van der Waals surface area (Å²) in [5, 5.41) is 7.19. The van der Waals surface area contributed by atoms with Gasteiger partial charge in [0.1, 0.15) is 11.4 Å². The second-order valence-corrected chi connectivity index (χ2v) is 7.82. The summed E-state index contributed by atoms with van der Waals surface area (Å²) >= 11 is 0. The number of nitrogens with one attached hydrogen (secondary N) is 1. The van der Waals surface area contributed by atoms with E-state index in [1.54, 1.807) is 10.8 Å². The topological polar surface area (TPSA) is 56.1 Å². The number of nitrogens with zero attached hydrogens (tertiary/aromatic N) is 2. The van der Waals surface area contributed by atoms with Crippen LogP contribution in [0.5, 0.6) is 0 Å². The Labute approximate surface area is 164 Å². The molecule has 0 atom stereocenters. The van der Waals surface area contributed by atoms with E-state index in [0.29, 0.717) is 25.8 Å². The van der Waals surface area contributed by atoms with Gasteiger partial charge >= 0.3 is 6.09 Å². The van der Waals surface area contributed by atoms with Crippen molar-refractivity contribution in [3.05, 3.63) is 60.2 Å². The highest BCUT2D eigenvalue weighted by molar-refractivity contribution is 5.68. The minimum atomic E-state index is -0.501. The number of benzene rings is 1. The van der Waals surface area contributed by atoms with Crippen molar-refractivity contribution in [1.82, 2.24) is 15.1 Å². The average molecular weight is 383 g/mol. The van der Waals surface area contributed by atoms with Crippen molar-refractivity contribution < 1.29 is 13.9 Å². The molecule has 0 aliphatic heterocycles. The number of rotatable bonds is 5. The Bertz CT molecular complexity index is 907. The quantitative estimate of drug-likeness (QED) is 0.781. The summed E-state index contributed by atoms with van der Waals surface area (Å²) in [4.78, 5) is 11.7. The molecular weight excluding hydrogens is 357 g/mol. The maximum Gasteiger partial charge on any atom is 0.407 e. The van der Waals surface area contributed by atoms with Crippen LogP contribution in [0.15, 0.2) is 54.6 Å². The zero-order valence-corrected chi connectivity index (χ0v) is 16.5. The van der Waals surface area contributed by atoms with Gasteiger partial charge in [-0.15, -0.1) is 0 Å². The fourth-order valence-electron chi connectivity index (χ4n) is 2.95. The van der Waals surface area contributed by atoms with Crippen LogP contribution in [-0.4, -0.2) is 28.0 Å². The third kappa shape index (κ3) is 5.55. The zero-order valence-electron chi connectivity index (χ0n) is 16.5. The number of ether oxygens (including phenoxy) is 1. The lowest BCUT2D eigenvalue weighted by Crippen LogP contribution is -2.33. The van der Waals surface area contributed by atoms with Crippen molar-refractivity contribution in [2.75, 3.05) is 6.54 Å². The van der Waals surface area contributed by atoms with Gasteiger partial charge in [-0.05, 0) is 56.9 Å². The normalized spacial score (nSPS) is 14.3. The van der Waals surface area contributed by atoms with Crippen LogP contribution in [0.1, 0.15) is 39.2 Å². The van der Waals surface area contributed by atoms with Crippen LogP contribution < -0.4 is 5.32 Å². The van der Waals surface area contributed by atoms with Crippen LogP contribution in [0.3, 0.4) is 0 Å². The number of allylic oxidation sites excluding steroid dienone is 4. The molecule has 6 heteroatoms. The molecule has 0 saturated heterocycles. The van der Waals surface area contributed by atoms with E-state index < -0.39 is 11.7 Å². The Hall–Kier alpha value is -2.89. The van der Waals surface area contributed by atoms with Gasteiger partial charge in [-0.1, -0.05) is 24.3 Å². The summed E-state index contributed by atoms with van der Waals surface area (Å²) in [7, 11) is 0. The smallest absolute Gasteiger partial charge is 0.407 e. The molecule has 0 radical (unpaired) electrons. The van der Waals surface area contributed by atoms with Crippen molar-refractivity contribution in [3.63, 3.8) is 0 Å². The largest absolute Gasteiger partial charge is 0.444 e. The molecule has 0 saturated carbocycles. The lowest BCUT2D eigenvalue weighted by Gasteiger charge is -2.19. The molecule has 1 heterocycles. The number of halogens is 1. The summed E-state index contributed by atoms with van der Waals surface area (Å²) in [6, 6.07) is 8.14. The molecule has 0 spiro atoms. The Morgan fingerprint density at radius 2 is 2.07 bits per heavy atom. The van der Waals surface area contributed by atoms with Crippen LogP contribution in [-0.2, 0) is 11.2 Å². The highest BCUT2D eigenvalue weighted by Gasteiger charge is 2.15. The molecule has 0 fully saturated rings. The van der Waals surface area contributed by atoms with Gasteiger partial charge in [0.05, 0.1) is 6.20 Å². The number of hydrogen-bond donors (Lipinski definition) is 1. The molecule has 1 aromatic carbocycles. The number of carbonyl (C=O) groups excluding carboxylic acids is 1. The highest BCUT2D eigenvalue weighted by Crippen LogP contribution is 2.25. The molecule has 1 amide bonds.